The van der Waals surface area contributed by atoms with Gasteiger partial charge in [-0.1, -0.05) is 37.3 Å². The summed E-state index contributed by atoms with van der Waals surface area (Å²) in [7, 11) is 1.95. The Balaban J connectivity index is 2.11. The summed E-state index contributed by atoms with van der Waals surface area (Å²) in [6.45, 7) is 1.97. The predicted octanol–water partition coefficient (Wildman–Crippen LogP) is 2.94. The Kier molecular flexibility index (Phi) is 3.21. The summed E-state index contributed by atoms with van der Waals surface area (Å²) in [6, 6.07) is 12.4. The number of allylic oxidation sites excluding steroid dienone is 2. The van der Waals surface area contributed by atoms with Crippen molar-refractivity contribution in [1.29, 1.82) is 5.26 Å². The van der Waals surface area contributed by atoms with Crippen LogP contribution in [0.1, 0.15) is 30.2 Å². The number of carbonyl (C=O) groups excluding carboxylic acids is 1. The minimum absolute atomic E-state index is 0.0281. The summed E-state index contributed by atoms with van der Waals surface area (Å²) < 4.78 is 1.92. The van der Waals surface area contributed by atoms with Crippen molar-refractivity contribution in [2.24, 2.45) is 18.9 Å². The van der Waals surface area contributed by atoms with Crippen molar-refractivity contribution in [3.8, 4) is 6.07 Å². The molecule has 4 nitrogen and oxygen atoms in total. The molecule has 4 rings (SSSR count). The quantitative estimate of drug-likeness (QED) is 0.812. The van der Waals surface area contributed by atoms with Crippen LogP contribution in [0.4, 0.5) is 0 Å². The summed E-state index contributed by atoms with van der Waals surface area (Å²) in [6.07, 6.45) is 5.69. The number of nitrogens with zero attached hydrogens (tertiary/aromatic N) is 3. The minimum Gasteiger partial charge on any atom is -0.293 e. The Hall–Kier alpha value is -2.67. The van der Waals surface area contributed by atoms with Crippen LogP contribution < -0.4 is 0 Å². The van der Waals surface area contributed by atoms with Crippen LogP contribution in [-0.4, -0.2) is 15.6 Å². The zero-order valence-electron chi connectivity index (χ0n) is 13.9. The van der Waals surface area contributed by atoms with Crippen LogP contribution >= 0.6 is 0 Å². The molecule has 2 aliphatic carbocycles. The highest BCUT2D eigenvalue weighted by molar-refractivity contribution is 6.02. The van der Waals surface area contributed by atoms with Crippen LogP contribution in [0.2, 0.25) is 0 Å². The maximum Gasteiger partial charge on any atom is 0.176 e. The molecule has 2 unspecified atom stereocenters. The number of hydrogen-bond donors (Lipinski definition) is 0. The lowest BCUT2D eigenvalue weighted by Crippen LogP contribution is -2.48. The molecule has 4 heteroatoms. The fraction of sp³-hybridized carbons (Fsp3) is 0.350. The first-order chi connectivity index (χ1) is 11.6. The zero-order chi connectivity index (χ0) is 16.9. The molecule has 0 radical (unpaired) electrons. The molecule has 24 heavy (non-hydrogen) atoms. The molecule has 0 saturated heterocycles. The van der Waals surface area contributed by atoms with E-state index in [4.69, 9.17) is 0 Å². The van der Waals surface area contributed by atoms with Crippen molar-refractivity contribution in [1.82, 2.24) is 9.78 Å². The topological polar surface area (TPSA) is 58.7 Å². The van der Waals surface area contributed by atoms with E-state index in [1.807, 2.05) is 49.1 Å². The number of ketones is 1. The van der Waals surface area contributed by atoms with Gasteiger partial charge >= 0.3 is 0 Å². The molecular weight excluding hydrogens is 298 g/mol. The van der Waals surface area contributed by atoms with Crippen LogP contribution in [-0.2, 0) is 23.7 Å². The van der Waals surface area contributed by atoms with Gasteiger partial charge in [0.05, 0.1) is 22.9 Å². The number of carbonyl (C=O) groups is 1. The molecule has 2 aliphatic rings. The van der Waals surface area contributed by atoms with Gasteiger partial charge in [-0.15, -0.1) is 0 Å². The number of hydrogen-bond acceptors (Lipinski definition) is 3. The molecule has 0 amide bonds. The van der Waals surface area contributed by atoms with E-state index < -0.39 is 5.41 Å². The third kappa shape index (κ3) is 1.78. The molecule has 0 bridgehead atoms. The molecule has 0 fully saturated rings. The van der Waals surface area contributed by atoms with Gasteiger partial charge in [-0.05, 0) is 36.0 Å². The minimum atomic E-state index is -0.460. The summed E-state index contributed by atoms with van der Waals surface area (Å²) in [5, 5.41) is 14.0. The lowest BCUT2D eigenvalue weighted by Gasteiger charge is -2.47. The Bertz CT molecular complexity index is 887. The average molecular weight is 317 g/mol. The van der Waals surface area contributed by atoms with E-state index in [0.717, 1.165) is 24.1 Å². The molecular formula is C20H19N3O. The summed E-state index contributed by atoms with van der Waals surface area (Å²) >= 11 is 0. The van der Waals surface area contributed by atoms with Crippen molar-refractivity contribution in [3.05, 3.63) is 65.0 Å². The van der Waals surface area contributed by atoms with E-state index in [0.29, 0.717) is 0 Å². The van der Waals surface area contributed by atoms with Gasteiger partial charge in [0.15, 0.2) is 5.78 Å². The van der Waals surface area contributed by atoms with Gasteiger partial charge in [-0.3, -0.25) is 9.48 Å². The smallest absolute Gasteiger partial charge is 0.176 e. The van der Waals surface area contributed by atoms with Gasteiger partial charge in [0, 0.05) is 13.0 Å². The van der Waals surface area contributed by atoms with E-state index in [-0.39, 0.29) is 23.2 Å². The number of fused-ring (bicyclic) bond motifs is 3. The first-order valence-corrected chi connectivity index (χ1v) is 8.33. The number of rotatable bonds is 1. The van der Waals surface area contributed by atoms with Crippen molar-refractivity contribution >= 4 is 5.78 Å². The molecule has 1 heterocycles. The highest BCUT2D eigenvalue weighted by Gasteiger charge is 2.53. The Morgan fingerprint density at radius 1 is 1.33 bits per heavy atom. The molecule has 0 saturated carbocycles. The Labute approximate surface area is 141 Å². The lowest BCUT2D eigenvalue weighted by molar-refractivity contribution is -0.121. The van der Waals surface area contributed by atoms with E-state index in [9.17, 15) is 10.1 Å². The number of benzene rings is 1. The first kappa shape index (κ1) is 14.9. The molecule has 0 N–H and O–H groups in total. The van der Waals surface area contributed by atoms with E-state index in [1.165, 1.54) is 5.56 Å². The van der Waals surface area contributed by atoms with Gasteiger partial charge in [0.1, 0.15) is 6.07 Å². The molecule has 3 atom stereocenters. The number of Topliss-reactive ketones (excluding diaryl/α,β-unsaturated/α-hetero) is 1. The van der Waals surface area contributed by atoms with E-state index >= 15 is 0 Å². The highest BCUT2D eigenvalue weighted by atomic mass is 16.1. The maximum atomic E-state index is 12.6. The van der Waals surface area contributed by atoms with Crippen LogP contribution in [0.15, 0.2) is 48.2 Å². The first-order valence-electron chi connectivity index (χ1n) is 8.33. The predicted molar refractivity (Wildman–Crippen MR) is 90.1 cm³/mol. The van der Waals surface area contributed by atoms with Crippen molar-refractivity contribution in [2.45, 2.75) is 25.2 Å². The normalized spacial score (nSPS) is 28.5. The van der Waals surface area contributed by atoms with Crippen LogP contribution in [0, 0.1) is 23.2 Å². The number of aromatic nitrogens is 2. The standard InChI is InChI=1S/C20H19N3O/c1-13-17-9-8-14-12-22-23(2)19(14)20(17,10-15(11-21)18(13)24)16-6-4-3-5-7-16/h3-7,10,12-13,17H,8-9H2,1-2H3/t13?,17-,20?/m0/s1. The van der Waals surface area contributed by atoms with Gasteiger partial charge in [0.2, 0.25) is 0 Å². The Morgan fingerprint density at radius 3 is 2.79 bits per heavy atom. The molecule has 1 aromatic carbocycles. The van der Waals surface area contributed by atoms with Gasteiger partial charge in [-0.25, -0.2) is 0 Å². The zero-order valence-corrected chi connectivity index (χ0v) is 13.9. The van der Waals surface area contributed by atoms with Gasteiger partial charge < -0.3 is 0 Å². The number of nitriles is 1. The lowest BCUT2D eigenvalue weighted by atomic mass is 9.54. The number of aryl methyl sites for hydroxylation is 2. The molecule has 0 aliphatic heterocycles. The van der Waals surface area contributed by atoms with Crippen molar-refractivity contribution < 1.29 is 4.79 Å². The third-order valence-electron chi connectivity index (χ3n) is 5.74. The van der Waals surface area contributed by atoms with Crippen LogP contribution in [0.25, 0.3) is 0 Å². The SMILES string of the molecule is CC1C(=O)C(C#N)=CC2(c3ccccc3)c3c(cnn3C)CC[C@@H]12. The average Bonchev–Trinajstić information content (AvgIpc) is 3.00. The second kappa shape index (κ2) is 5.17. The van der Waals surface area contributed by atoms with Crippen LogP contribution in [0.5, 0.6) is 0 Å². The van der Waals surface area contributed by atoms with Crippen LogP contribution in [0.3, 0.4) is 0 Å². The van der Waals surface area contributed by atoms with Gasteiger partial charge in [0.25, 0.3) is 0 Å². The summed E-state index contributed by atoms with van der Waals surface area (Å²) in [4.78, 5) is 12.6. The summed E-state index contributed by atoms with van der Waals surface area (Å²) in [5.41, 5.74) is 3.28. The third-order valence-corrected chi connectivity index (χ3v) is 5.74. The maximum absolute atomic E-state index is 12.6. The second-order valence-electron chi connectivity index (χ2n) is 6.84. The Morgan fingerprint density at radius 2 is 2.08 bits per heavy atom. The molecule has 0 spiro atoms. The second-order valence-corrected chi connectivity index (χ2v) is 6.84. The van der Waals surface area contributed by atoms with Gasteiger partial charge in [-0.2, -0.15) is 10.4 Å². The van der Waals surface area contributed by atoms with Crippen molar-refractivity contribution in [2.75, 3.05) is 0 Å². The fourth-order valence-corrected chi connectivity index (χ4v) is 4.70. The van der Waals surface area contributed by atoms with E-state index in [1.54, 1.807) is 0 Å². The monoisotopic (exact) mass is 317 g/mol. The van der Waals surface area contributed by atoms with Crippen molar-refractivity contribution in [3.63, 3.8) is 0 Å². The van der Waals surface area contributed by atoms with E-state index in [2.05, 4.69) is 23.3 Å². The molecule has 120 valence electrons. The molecule has 2 aromatic rings. The fourth-order valence-electron chi connectivity index (χ4n) is 4.70. The largest absolute Gasteiger partial charge is 0.293 e. The summed E-state index contributed by atoms with van der Waals surface area (Å²) in [5.74, 6) is -0.0556. The highest BCUT2D eigenvalue weighted by Crippen LogP contribution is 2.53. The molecule has 1 aromatic heterocycles.